The van der Waals surface area contributed by atoms with E-state index in [0.717, 1.165) is 35.8 Å². The maximum atomic E-state index is 13.5. The van der Waals surface area contributed by atoms with E-state index in [1.54, 1.807) is 13.3 Å². The molecular weight excluding hydrogens is 454 g/mol. The predicted octanol–water partition coefficient (Wildman–Crippen LogP) is 5.38. The number of aromatic nitrogens is 1. The van der Waals surface area contributed by atoms with Crippen molar-refractivity contribution < 1.29 is 18.7 Å². The van der Waals surface area contributed by atoms with Crippen LogP contribution in [0.3, 0.4) is 0 Å². The highest BCUT2D eigenvalue weighted by atomic mass is 16.5. The molecule has 1 fully saturated rings. The van der Waals surface area contributed by atoms with Gasteiger partial charge in [0.25, 0.3) is 5.91 Å². The number of oxazole rings is 1. The van der Waals surface area contributed by atoms with Crippen molar-refractivity contribution in [2.24, 2.45) is 0 Å². The van der Waals surface area contributed by atoms with Crippen LogP contribution in [0.25, 0.3) is 22.8 Å². The number of carbonyl (C=O) groups excluding carboxylic acids is 1. The van der Waals surface area contributed by atoms with Crippen molar-refractivity contribution in [3.05, 3.63) is 84.6 Å². The third-order valence-corrected chi connectivity index (χ3v) is 6.34. The van der Waals surface area contributed by atoms with Crippen LogP contribution in [0.15, 0.2) is 83.4 Å². The van der Waals surface area contributed by atoms with Gasteiger partial charge in [0.15, 0.2) is 5.76 Å². The molecule has 0 spiro atoms. The largest absolute Gasteiger partial charge is 0.495 e. The molecule has 0 bridgehead atoms. The number of hydrogen-bond acceptors (Lipinski definition) is 6. The van der Waals surface area contributed by atoms with Gasteiger partial charge in [0.1, 0.15) is 11.5 Å². The van der Waals surface area contributed by atoms with Crippen LogP contribution >= 0.6 is 0 Å². The van der Waals surface area contributed by atoms with Crippen LogP contribution in [-0.2, 0) is 0 Å². The van der Waals surface area contributed by atoms with Crippen LogP contribution in [0.2, 0.25) is 0 Å². The number of methoxy groups -OCH3 is 1. The summed E-state index contributed by atoms with van der Waals surface area (Å²) in [5.74, 6) is 2.69. The number of nitrogens with zero attached hydrogens (tertiary/aromatic N) is 3. The van der Waals surface area contributed by atoms with Crippen molar-refractivity contribution in [1.29, 1.82) is 0 Å². The van der Waals surface area contributed by atoms with Gasteiger partial charge in [-0.05, 0) is 55.5 Å². The number of para-hydroxylation sites is 2. The van der Waals surface area contributed by atoms with Crippen molar-refractivity contribution in [3.8, 4) is 34.3 Å². The van der Waals surface area contributed by atoms with Crippen LogP contribution in [-0.4, -0.2) is 55.7 Å². The Hall–Kier alpha value is -4.26. The van der Waals surface area contributed by atoms with E-state index in [0.29, 0.717) is 42.5 Å². The van der Waals surface area contributed by atoms with Crippen LogP contribution in [0, 0.1) is 0 Å². The Morgan fingerprint density at radius 2 is 1.67 bits per heavy atom. The Morgan fingerprint density at radius 3 is 2.42 bits per heavy atom. The van der Waals surface area contributed by atoms with E-state index in [1.165, 1.54) is 0 Å². The molecule has 184 valence electrons. The lowest BCUT2D eigenvalue weighted by Gasteiger charge is -2.36. The molecule has 0 unspecified atom stereocenters. The summed E-state index contributed by atoms with van der Waals surface area (Å²) in [5, 5.41) is 0. The van der Waals surface area contributed by atoms with E-state index in [-0.39, 0.29) is 5.91 Å². The molecule has 0 radical (unpaired) electrons. The van der Waals surface area contributed by atoms with E-state index in [1.807, 2.05) is 78.6 Å². The van der Waals surface area contributed by atoms with Crippen molar-refractivity contribution in [3.63, 3.8) is 0 Å². The van der Waals surface area contributed by atoms with Gasteiger partial charge in [0, 0.05) is 37.3 Å². The van der Waals surface area contributed by atoms with Gasteiger partial charge in [-0.1, -0.05) is 24.3 Å². The van der Waals surface area contributed by atoms with Crippen molar-refractivity contribution in [2.45, 2.75) is 6.92 Å². The SMILES string of the molecule is CCOc1ccc(-c2cnc(-c3ccccc3C(=O)N3CCN(c4ccccc4OC)CC3)o2)cc1. The van der Waals surface area contributed by atoms with Crippen molar-refractivity contribution in [2.75, 3.05) is 44.8 Å². The highest BCUT2D eigenvalue weighted by Gasteiger charge is 2.26. The predicted molar refractivity (Wildman–Crippen MR) is 140 cm³/mol. The van der Waals surface area contributed by atoms with Gasteiger partial charge in [-0.2, -0.15) is 0 Å². The first kappa shape index (κ1) is 23.5. The second-order valence-electron chi connectivity index (χ2n) is 8.48. The lowest BCUT2D eigenvalue weighted by atomic mass is 10.1. The van der Waals surface area contributed by atoms with Gasteiger partial charge >= 0.3 is 0 Å². The summed E-state index contributed by atoms with van der Waals surface area (Å²) in [6.45, 7) is 5.27. The molecule has 1 aliphatic heterocycles. The Kier molecular flexibility index (Phi) is 6.89. The second kappa shape index (κ2) is 10.6. The van der Waals surface area contributed by atoms with E-state index in [2.05, 4.69) is 16.0 Å². The quantitative estimate of drug-likeness (QED) is 0.352. The molecule has 1 aromatic heterocycles. The molecular formula is C29H29N3O4. The number of anilines is 1. The Bertz CT molecular complexity index is 1320. The summed E-state index contributed by atoms with van der Waals surface area (Å²) >= 11 is 0. The van der Waals surface area contributed by atoms with E-state index in [9.17, 15) is 4.79 Å². The van der Waals surface area contributed by atoms with Crippen LogP contribution in [0.5, 0.6) is 11.5 Å². The molecule has 0 aliphatic carbocycles. The molecule has 3 aromatic carbocycles. The standard InChI is InChI=1S/C29H29N3O4/c1-3-35-22-14-12-21(13-15-22)27-20-30-28(36-27)23-8-4-5-9-24(23)29(33)32-18-16-31(17-19-32)25-10-6-7-11-26(25)34-2/h4-15,20H,3,16-19H2,1-2H3. The first-order valence-corrected chi connectivity index (χ1v) is 12.1. The molecule has 7 nitrogen and oxygen atoms in total. The molecule has 1 aliphatic rings. The topological polar surface area (TPSA) is 68.0 Å². The molecule has 4 aromatic rings. The molecule has 2 heterocycles. The monoisotopic (exact) mass is 483 g/mol. The summed E-state index contributed by atoms with van der Waals surface area (Å²) in [7, 11) is 1.68. The van der Waals surface area contributed by atoms with Crippen molar-refractivity contribution in [1.82, 2.24) is 9.88 Å². The average molecular weight is 484 g/mol. The molecule has 1 saturated heterocycles. The third kappa shape index (κ3) is 4.77. The maximum Gasteiger partial charge on any atom is 0.254 e. The first-order valence-electron chi connectivity index (χ1n) is 12.1. The fourth-order valence-corrected chi connectivity index (χ4v) is 4.48. The van der Waals surface area contributed by atoms with E-state index >= 15 is 0 Å². The number of piperazine rings is 1. The third-order valence-electron chi connectivity index (χ3n) is 6.34. The van der Waals surface area contributed by atoms with Crippen LogP contribution in [0.4, 0.5) is 5.69 Å². The fourth-order valence-electron chi connectivity index (χ4n) is 4.48. The van der Waals surface area contributed by atoms with Gasteiger partial charge in [-0.25, -0.2) is 4.98 Å². The minimum Gasteiger partial charge on any atom is -0.495 e. The van der Waals surface area contributed by atoms with Crippen molar-refractivity contribution >= 4 is 11.6 Å². The lowest BCUT2D eigenvalue weighted by molar-refractivity contribution is 0.0747. The number of benzene rings is 3. The minimum absolute atomic E-state index is 0.0221. The number of ether oxygens (including phenoxy) is 2. The fraction of sp³-hybridized carbons (Fsp3) is 0.241. The molecule has 1 amide bonds. The summed E-state index contributed by atoms with van der Waals surface area (Å²) in [6, 6.07) is 23.2. The molecule has 0 N–H and O–H groups in total. The molecule has 5 rings (SSSR count). The van der Waals surface area contributed by atoms with E-state index < -0.39 is 0 Å². The highest BCUT2D eigenvalue weighted by molar-refractivity contribution is 6.00. The normalized spacial score (nSPS) is 13.5. The van der Waals surface area contributed by atoms with Crippen LogP contribution in [0.1, 0.15) is 17.3 Å². The van der Waals surface area contributed by atoms with Gasteiger partial charge in [-0.15, -0.1) is 0 Å². The molecule has 36 heavy (non-hydrogen) atoms. The Labute approximate surface area is 210 Å². The zero-order valence-corrected chi connectivity index (χ0v) is 20.5. The Morgan fingerprint density at radius 1 is 0.944 bits per heavy atom. The van der Waals surface area contributed by atoms with Gasteiger partial charge in [-0.3, -0.25) is 4.79 Å². The zero-order valence-electron chi connectivity index (χ0n) is 20.5. The summed E-state index contributed by atoms with van der Waals surface area (Å²) < 4.78 is 17.1. The lowest BCUT2D eigenvalue weighted by Crippen LogP contribution is -2.49. The van der Waals surface area contributed by atoms with Crippen LogP contribution < -0.4 is 14.4 Å². The molecule has 0 atom stereocenters. The smallest absolute Gasteiger partial charge is 0.254 e. The number of amides is 1. The average Bonchev–Trinajstić information content (AvgIpc) is 3.44. The first-order chi connectivity index (χ1) is 17.7. The molecule has 0 saturated carbocycles. The number of rotatable bonds is 7. The number of hydrogen-bond donors (Lipinski definition) is 0. The highest BCUT2D eigenvalue weighted by Crippen LogP contribution is 2.31. The number of carbonyl (C=O) groups is 1. The maximum absolute atomic E-state index is 13.5. The van der Waals surface area contributed by atoms with Gasteiger partial charge in [0.05, 0.1) is 31.2 Å². The second-order valence-corrected chi connectivity index (χ2v) is 8.48. The Balaban J connectivity index is 1.32. The zero-order chi connectivity index (χ0) is 24.9. The summed E-state index contributed by atoms with van der Waals surface area (Å²) in [4.78, 5) is 22.2. The molecule has 7 heteroatoms. The minimum atomic E-state index is -0.0221. The summed E-state index contributed by atoms with van der Waals surface area (Å²) in [5.41, 5.74) is 3.22. The van der Waals surface area contributed by atoms with Gasteiger partial charge in [0.2, 0.25) is 5.89 Å². The van der Waals surface area contributed by atoms with Gasteiger partial charge < -0.3 is 23.7 Å². The van der Waals surface area contributed by atoms with E-state index in [4.69, 9.17) is 13.9 Å². The summed E-state index contributed by atoms with van der Waals surface area (Å²) in [6.07, 6.45) is 1.69.